The summed E-state index contributed by atoms with van der Waals surface area (Å²) in [4.78, 5) is 17.3. The van der Waals surface area contributed by atoms with Crippen LogP contribution < -0.4 is 9.47 Å². The average molecular weight is 405 g/mol. The Kier molecular flexibility index (Phi) is 6.62. The van der Waals surface area contributed by atoms with Gasteiger partial charge in [0.2, 0.25) is 11.8 Å². The normalized spacial score (nSPS) is 13.2. The molecule has 0 fully saturated rings. The van der Waals surface area contributed by atoms with Crippen LogP contribution in [0.2, 0.25) is 0 Å². The van der Waals surface area contributed by atoms with Gasteiger partial charge in [-0.2, -0.15) is 4.98 Å². The van der Waals surface area contributed by atoms with Crippen LogP contribution in [-0.2, 0) is 4.79 Å². The van der Waals surface area contributed by atoms with E-state index in [9.17, 15) is 9.18 Å². The smallest absolute Gasteiger partial charge is 0.322 e. The number of pyridine rings is 1. The quantitative estimate of drug-likeness (QED) is 0.433. The molecule has 3 aromatic rings. The van der Waals surface area contributed by atoms with E-state index < -0.39 is 11.4 Å². The van der Waals surface area contributed by atoms with Gasteiger partial charge in [-0.3, -0.25) is 4.79 Å². The van der Waals surface area contributed by atoms with Crippen molar-refractivity contribution in [2.45, 2.75) is 20.8 Å². The Balaban J connectivity index is 1.76. The summed E-state index contributed by atoms with van der Waals surface area (Å²) in [5, 5.41) is 0. The maximum absolute atomic E-state index is 13.1. The molecular formula is C25H24FNO3. The molecule has 0 saturated heterocycles. The van der Waals surface area contributed by atoms with Gasteiger partial charge in [0, 0.05) is 12.1 Å². The van der Waals surface area contributed by atoms with Gasteiger partial charge >= 0.3 is 5.97 Å². The first-order valence-electron chi connectivity index (χ1n) is 9.74. The Morgan fingerprint density at radius 3 is 2.30 bits per heavy atom. The van der Waals surface area contributed by atoms with Gasteiger partial charge in [-0.05, 0) is 42.7 Å². The SMILES string of the molecule is CC(C)C(C)(C=Cc1ccc(F)cc1)C(=O)Oc1cccc(Oc2ccccc2)n1. The summed E-state index contributed by atoms with van der Waals surface area (Å²) in [6, 6.07) is 20.3. The molecule has 30 heavy (non-hydrogen) atoms. The highest BCUT2D eigenvalue weighted by molar-refractivity contribution is 5.82. The predicted octanol–water partition coefficient (Wildman–Crippen LogP) is 6.29. The van der Waals surface area contributed by atoms with E-state index in [0.29, 0.717) is 11.6 Å². The number of nitrogens with zero attached hydrogens (tertiary/aromatic N) is 1. The van der Waals surface area contributed by atoms with Crippen LogP contribution in [0.1, 0.15) is 26.3 Å². The van der Waals surface area contributed by atoms with Crippen molar-refractivity contribution in [1.82, 2.24) is 4.98 Å². The summed E-state index contributed by atoms with van der Waals surface area (Å²) >= 11 is 0. The Labute approximate surface area is 176 Å². The third-order valence-corrected chi connectivity index (χ3v) is 4.99. The van der Waals surface area contributed by atoms with Crippen molar-refractivity contribution in [3.05, 3.63) is 90.3 Å². The lowest BCUT2D eigenvalue weighted by Crippen LogP contribution is -2.35. The summed E-state index contributed by atoms with van der Waals surface area (Å²) in [5.41, 5.74) is -0.0979. The van der Waals surface area contributed by atoms with Gasteiger partial charge in [0.05, 0.1) is 5.41 Å². The van der Waals surface area contributed by atoms with Crippen molar-refractivity contribution >= 4 is 12.0 Å². The molecule has 0 aliphatic rings. The zero-order valence-electron chi connectivity index (χ0n) is 17.2. The van der Waals surface area contributed by atoms with Crippen LogP contribution in [0.5, 0.6) is 17.5 Å². The summed E-state index contributed by atoms with van der Waals surface area (Å²) < 4.78 is 24.4. The number of rotatable bonds is 7. The third-order valence-electron chi connectivity index (χ3n) is 4.99. The van der Waals surface area contributed by atoms with Crippen LogP contribution in [0.25, 0.3) is 6.08 Å². The summed E-state index contributed by atoms with van der Waals surface area (Å²) in [5.74, 6) is 0.366. The van der Waals surface area contributed by atoms with Crippen LogP contribution in [0.15, 0.2) is 78.9 Å². The molecule has 0 radical (unpaired) electrons. The lowest BCUT2D eigenvalue weighted by molar-refractivity contribution is -0.144. The van der Waals surface area contributed by atoms with Crippen molar-refractivity contribution in [1.29, 1.82) is 0 Å². The highest BCUT2D eigenvalue weighted by Gasteiger charge is 2.36. The number of benzene rings is 2. The van der Waals surface area contributed by atoms with E-state index >= 15 is 0 Å². The van der Waals surface area contributed by atoms with Gasteiger partial charge in [0.15, 0.2) is 0 Å². The summed E-state index contributed by atoms with van der Waals surface area (Å²) in [6.45, 7) is 5.70. The number of aromatic nitrogens is 1. The van der Waals surface area contributed by atoms with E-state index in [1.54, 1.807) is 42.5 Å². The average Bonchev–Trinajstić information content (AvgIpc) is 2.74. The molecule has 1 unspecified atom stereocenters. The number of esters is 1. The van der Waals surface area contributed by atoms with E-state index in [0.717, 1.165) is 5.56 Å². The van der Waals surface area contributed by atoms with Crippen molar-refractivity contribution in [2.75, 3.05) is 0 Å². The van der Waals surface area contributed by atoms with Crippen molar-refractivity contribution in [2.24, 2.45) is 11.3 Å². The Bertz CT molecular complexity index is 1020. The molecule has 1 aromatic heterocycles. The number of carbonyl (C=O) groups excluding carboxylic acids is 1. The number of halogens is 1. The summed E-state index contributed by atoms with van der Waals surface area (Å²) in [6.07, 6.45) is 3.58. The molecule has 5 heteroatoms. The van der Waals surface area contributed by atoms with Gasteiger partial charge in [0.25, 0.3) is 0 Å². The van der Waals surface area contributed by atoms with Gasteiger partial charge < -0.3 is 9.47 Å². The van der Waals surface area contributed by atoms with Gasteiger partial charge in [0.1, 0.15) is 11.6 Å². The molecule has 0 amide bonds. The van der Waals surface area contributed by atoms with Gasteiger partial charge in [-0.15, -0.1) is 0 Å². The third kappa shape index (κ3) is 5.32. The van der Waals surface area contributed by atoms with Gasteiger partial charge in [-0.1, -0.05) is 62.4 Å². The number of hydrogen-bond donors (Lipinski definition) is 0. The zero-order chi connectivity index (χ0) is 21.6. The fourth-order valence-corrected chi connectivity index (χ4v) is 2.66. The molecule has 0 aliphatic heterocycles. The molecule has 0 N–H and O–H groups in total. The molecule has 0 aliphatic carbocycles. The minimum absolute atomic E-state index is 0.0366. The van der Waals surface area contributed by atoms with E-state index in [1.807, 2.05) is 51.1 Å². The number of para-hydroxylation sites is 1. The standard InChI is InChI=1S/C25H24FNO3/c1-18(2)25(3,17-16-19-12-14-20(26)15-13-19)24(28)30-23-11-7-10-22(27-23)29-21-8-5-4-6-9-21/h4-18H,1-3H3. The molecule has 1 heterocycles. The first kappa shape index (κ1) is 21.2. The van der Waals surface area contributed by atoms with E-state index in [4.69, 9.17) is 9.47 Å². The predicted molar refractivity (Wildman–Crippen MR) is 115 cm³/mol. The van der Waals surface area contributed by atoms with Gasteiger partial charge in [-0.25, -0.2) is 4.39 Å². The van der Waals surface area contributed by atoms with Crippen LogP contribution in [0, 0.1) is 17.2 Å². The molecular weight excluding hydrogens is 381 g/mol. The number of ether oxygens (including phenoxy) is 2. The van der Waals surface area contributed by atoms with Crippen molar-refractivity contribution < 1.29 is 18.7 Å². The minimum atomic E-state index is -0.896. The number of hydrogen-bond acceptors (Lipinski definition) is 4. The lowest BCUT2D eigenvalue weighted by atomic mass is 9.78. The maximum Gasteiger partial charge on any atom is 0.322 e. The Morgan fingerprint density at radius 2 is 1.63 bits per heavy atom. The molecule has 1 atom stereocenters. The largest absolute Gasteiger partial charge is 0.439 e. The molecule has 3 rings (SSSR count). The van der Waals surface area contributed by atoms with E-state index in [2.05, 4.69) is 4.98 Å². The molecule has 0 spiro atoms. The summed E-state index contributed by atoms with van der Waals surface area (Å²) in [7, 11) is 0. The molecule has 154 valence electrons. The molecule has 0 saturated carbocycles. The minimum Gasteiger partial charge on any atom is -0.439 e. The topological polar surface area (TPSA) is 48.4 Å². The fraction of sp³-hybridized carbons (Fsp3) is 0.200. The number of carbonyl (C=O) groups is 1. The Hall–Kier alpha value is -3.47. The lowest BCUT2D eigenvalue weighted by Gasteiger charge is -2.27. The zero-order valence-corrected chi connectivity index (χ0v) is 17.2. The second-order valence-electron chi connectivity index (χ2n) is 7.44. The first-order valence-corrected chi connectivity index (χ1v) is 9.74. The second kappa shape index (κ2) is 9.35. The molecule has 2 aromatic carbocycles. The van der Waals surface area contributed by atoms with Crippen LogP contribution >= 0.6 is 0 Å². The van der Waals surface area contributed by atoms with Crippen LogP contribution in [-0.4, -0.2) is 11.0 Å². The molecule has 0 bridgehead atoms. The Morgan fingerprint density at radius 1 is 0.967 bits per heavy atom. The second-order valence-corrected chi connectivity index (χ2v) is 7.44. The maximum atomic E-state index is 13.1. The molecule has 4 nitrogen and oxygen atoms in total. The van der Waals surface area contributed by atoms with E-state index in [1.165, 1.54) is 12.1 Å². The van der Waals surface area contributed by atoms with Crippen molar-refractivity contribution in [3.8, 4) is 17.5 Å². The van der Waals surface area contributed by atoms with Crippen LogP contribution in [0.3, 0.4) is 0 Å². The van der Waals surface area contributed by atoms with Crippen molar-refractivity contribution in [3.63, 3.8) is 0 Å². The highest BCUT2D eigenvalue weighted by Crippen LogP contribution is 2.32. The van der Waals surface area contributed by atoms with Crippen LogP contribution in [0.4, 0.5) is 4.39 Å². The highest BCUT2D eigenvalue weighted by atomic mass is 19.1. The fourth-order valence-electron chi connectivity index (χ4n) is 2.66. The first-order chi connectivity index (χ1) is 14.4. The van der Waals surface area contributed by atoms with E-state index in [-0.39, 0.29) is 17.6 Å². The monoisotopic (exact) mass is 405 g/mol.